The number of nitrogens with zero attached hydrogens (tertiary/aromatic N) is 1. The summed E-state index contributed by atoms with van der Waals surface area (Å²) in [6.07, 6.45) is 0.302. The molecule has 1 aliphatic heterocycles. The molecule has 0 radical (unpaired) electrons. The molecular weight excluding hydrogens is 434 g/mol. The first kappa shape index (κ1) is 27.3. The maximum absolute atomic E-state index is 13.7. The first-order valence-electron chi connectivity index (χ1n) is 11.8. The molecule has 5 atom stereocenters. The fraction of sp³-hybridized carbons (Fsp3) is 0.600. The Balaban J connectivity index is 2.28. The van der Waals surface area contributed by atoms with Gasteiger partial charge in [0.1, 0.15) is 12.1 Å². The number of nitrogens with one attached hydrogen (secondary N) is 4. The van der Waals surface area contributed by atoms with Gasteiger partial charge in [0, 0.05) is 19.5 Å². The Hall–Kier alpha value is -2.94. The third kappa shape index (κ3) is 7.03. The molecule has 0 saturated carbocycles. The summed E-state index contributed by atoms with van der Waals surface area (Å²) in [5.41, 5.74) is 0.357. The highest BCUT2D eigenvalue weighted by Gasteiger charge is 2.45. The van der Waals surface area contributed by atoms with E-state index in [4.69, 9.17) is 0 Å². The van der Waals surface area contributed by atoms with Gasteiger partial charge >= 0.3 is 0 Å². The number of benzene rings is 1. The lowest BCUT2D eigenvalue weighted by Crippen LogP contribution is -2.59. The fourth-order valence-corrected chi connectivity index (χ4v) is 4.07. The molecule has 0 aromatic heterocycles. The van der Waals surface area contributed by atoms with E-state index in [0.717, 1.165) is 5.56 Å². The van der Waals surface area contributed by atoms with Gasteiger partial charge in [0.05, 0.1) is 12.1 Å². The normalized spacial score (nSPS) is 20.7. The molecule has 9 heteroatoms. The van der Waals surface area contributed by atoms with E-state index in [2.05, 4.69) is 21.3 Å². The van der Waals surface area contributed by atoms with E-state index >= 15 is 0 Å². The number of carbonyl (C=O) groups excluding carboxylic acids is 4. The second kappa shape index (κ2) is 11.5. The molecule has 0 unspecified atom stereocenters. The second-order valence-electron chi connectivity index (χ2n) is 10.1. The lowest BCUT2D eigenvalue weighted by atomic mass is 9.85. The number of likely N-dealkylation sites (N-methyl/N-ethyl adjacent to an activating group) is 1. The lowest BCUT2D eigenvalue weighted by molar-refractivity contribution is -0.144. The largest absolute Gasteiger partial charge is 0.352 e. The number of hydrogen-bond acceptors (Lipinski definition) is 5. The Labute approximate surface area is 202 Å². The maximum atomic E-state index is 13.7. The van der Waals surface area contributed by atoms with Crippen LogP contribution in [0.3, 0.4) is 0 Å². The van der Waals surface area contributed by atoms with Crippen molar-refractivity contribution >= 4 is 23.6 Å². The molecule has 34 heavy (non-hydrogen) atoms. The molecule has 2 rings (SSSR count). The number of amides is 4. The smallest absolute Gasteiger partial charge is 0.246 e. The molecule has 0 aliphatic carbocycles. The van der Waals surface area contributed by atoms with Crippen molar-refractivity contribution in [3.8, 4) is 0 Å². The molecule has 1 aromatic rings. The first-order valence-corrected chi connectivity index (χ1v) is 11.8. The van der Waals surface area contributed by atoms with Crippen molar-refractivity contribution in [2.45, 2.75) is 78.2 Å². The molecule has 0 spiro atoms. The van der Waals surface area contributed by atoms with Crippen LogP contribution in [0.25, 0.3) is 0 Å². The van der Waals surface area contributed by atoms with Crippen LogP contribution in [-0.4, -0.2) is 66.3 Å². The van der Waals surface area contributed by atoms with Gasteiger partial charge in [-0.3, -0.25) is 19.2 Å². The summed E-state index contributed by atoms with van der Waals surface area (Å²) in [4.78, 5) is 52.8. The van der Waals surface area contributed by atoms with E-state index in [1.165, 1.54) is 11.8 Å². The minimum absolute atomic E-state index is 0.195. The SMILES string of the molecule is CN[C@@H](C)C(=O)N[C@H](C(=O)N1C[C@@H](NC(C)=O)C[C@H]1C(=O)N[C@H](C)c1ccccc1)C(C)(C)C. The zero-order chi connectivity index (χ0) is 25.6. The van der Waals surface area contributed by atoms with Crippen molar-refractivity contribution in [2.75, 3.05) is 13.6 Å². The van der Waals surface area contributed by atoms with Crippen LogP contribution in [0.4, 0.5) is 0 Å². The minimum Gasteiger partial charge on any atom is -0.352 e. The molecule has 1 saturated heterocycles. The highest BCUT2D eigenvalue weighted by atomic mass is 16.2. The Bertz CT molecular complexity index is 883. The van der Waals surface area contributed by atoms with Gasteiger partial charge in [0.15, 0.2) is 0 Å². The van der Waals surface area contributed by atoms with E-state index in [-0.39, 0.29) is 42.3 Å². The van der Waals surface area contributed by atoms with Crippen molar-refractivity contribution < 1.29 is 19.2 Å². The molecule has 1 heterocycles. The molecule has 188 valence electrons. The van der Waals surface area contributed by atoms with Gasteiger partial charge in [0.25, 0.3) is 0 Å². The lowest BCUT2D eigenvalue weighted by Gasteiger charge is -2.36. The zero-order valence-electron chi connectivity index (χ0n) is 21.3. The van der Waals surface area contributed by atoms with Gasteiger partial charge in [-0.25, -0.2) is 0 Å². The fourth-order valence-electron chi connectivity index (χ4n) is 4.07. The monoisotopic (exact) mass is 473 g/mol. The van der Waals surface area contributed by atoms with E-state index < -0.39 is 23.5 Å². The van der Waals surface area contributed by atoms with Crippen LogP contribution in [0.1, 0.15) is 59.6 Å². The van der Waals surface area contributed by atoms with Gasteiger partial charge < -0.3 is 26.2 Å². The van der Waals surface area contributed by atoms with Crippen molar-refractivity contribution in [2.24, 2.45) is 5.41 Å². The average Bonchev–Trinajstić information content (AvgIpc) is 3.19. The van der Waals surface area contributed by atoms with Crippen LogP contribution >= 0.6 is 0 Å². The van der Waals surface area contributed by atoms with Crippen molar-refractivity contribution in [3.63, 3.8) is 0 Å². The van der Waals surface area contributed by atoms with Gasteiger partial charge in [-0.15, -0.1) is 0 Å². The third-order valence-corrected chi connectivity index (χ3v) is 6.18. The van der Waals surface area contributed by atoms with E-state index in [1.807, 2.05) is 58.0 Å². The third-order valence-electron chi connectivity index (χ3n) is 6.18. The molecule has 9 nitrogen and oxygen atoms in total. The summed E-state index contributed by atoms with van der Waals surface area (Å²) in [5, 5.41) is 11.6. The Morgan fingerprint density at radius 3 is 2.18 bits per heavy atom. The average molecular weight is 474 g/mol. The van der Waals surface area contributed by atoms with Crippen molar-refractivity contribution in [1.82, 2.24) is 26.2 Å². The van der Waals surface area contributed by atoms with E-state index in [0.29, 0.717) is 6.42 Å². The molecule has 4 N–H and O–H groups in total. The molecule has 1 aromatic carbocycles. The summed E-state index contributed by atoms with van der Waals surface area (Å²) in [7, 11) is 1.67. The molecule has 0 bridgehead atoms. The summed E-state index contributed by atoms with van der Waals surface area (Å²) in [5.74, 6) is -1.16. The minimum atomic E-state index is -0.839. The molecule has 4 amide bonds. The topological polar surface area (TPSA) is 120 Å². The second-order valence-corrected chi connectivity index (χ2v) is 10.1. The van der Waals surface area contributed by atoms with Gasteiger partial charge in [-0.05, 0) is 38.3 Å². The quantitative estimate of drug-likeness (QED) is 0.451. The standard InChI is InChI=1S/C25H39N5O4/c1-15(18-11-9-8-10-12-18)27-23(33)20-13-19(28-17(3)31)14-30(20)24(34)21(25(4,5)6)29-22(32)16(2)26-7/h8-12,15-16,19-21,26H,13-14H2,1-7H3,(H,27,33)(H,28,31)(H,29,32)/t15-,16+,19+,20+,21-/m1/s1. The maximum Gasteiger partial charge on any atom is 0.246 e. The van der Waals surface area contributed by atoms with Crippen LogP contribution in [0.2, 0.25) is 0 Å². The van der Waals surface area contributed by atoms with Gasteiger partial charge in [-0.2, -0.15) is 0 Å². The van der Waals surface area contributed by atoms with Crippen LogP contribution in [0.5, 0.6) is 0 Å². The van der Waals surface area contributed by atoms with Crippen LogP contribution in [0.15, 0.2) is 30.3 Å². The highest BCUT2D eigenvalue weighted by Crippen LogP contribution is 2.27. The van der Waals surface area contributed by atoms with E-state index in [9.17, 15) is 19.2 Å². The molecule has 1 aliphatic rings. The predicted octanol–water partition coefficient (Wildman–Crippen LogP) is 1.11. The van der Waals surface area contributed by atoms with Crippen LogP contribution < -0.4 is 21.3 Å². The molecular formula is C25H39N5O4. The first-order chi connectivity index (χ1) is 15.8. The molecule has 1 fully saturated rings. The predicted molar refractivity (Wildman–Crippen MR) is 131 cm³/mol. The Morgan fingerprint density at radius 1 is 1.03 bits per heavy atom. The van der Waals surface area contributed by atoms with Gasteiger partial charge in [-0.1, -0.05) is 51.1 Å². The van der Waals surface area contributed by atoms with Gasteiger partial charge in [0.2, 0.25) is 23.6 Å². The van der Waals surface area contributed by atoms with Crippen LogP contribution in [-0.2, 0) is 19.2 Å². The van der Waals surface area contributed by atoms with Crippen LogP contribution in [0, 0.1) is 5.41 Å². The number of carbonyl (C=O) groups is 4. The van der Waals surface area contributed by atoms with Crippen molar-refractivity contribution in [1.29, 1.82) is 0 Å². The number of likely N-dealkylation sites (tertiary alicyclic amines) is 1. The summed E-state index contributed by atoms with van der Waals surface area (Å²) in [6, 6.07) is 6.88. The Kier molecular flexibility index (Phi) is 9.21. The van der Waals surface area contributed by atoms with E-state index in [1.54, 1.807) is 14.0 Å². The zero-order valence-corrected chi connectivity index (χ0v) is 21.3. The Morgan fingerprint density at radius 2 is 1.65 bits per heavy atom. The highest BCUT2D eigenvalue weighted by molar-refractivity contribution is 5.94. The van der Waals surface area contributed by atoms with Crippen molar-refractivity contribution in [3.05, 3.63) is 35.9 Å². The number of rotatable bonds is 8. The summed E-state index contributed by atoms with van der Waals surface area (Å²) in [6.45, 7) is 10.8. The number of hydrogen-bond donors (Lipinski definition) is 4. The summed E-state index contributed by atoms with van der Waals surface area (Å²) < 4.78 is 0. The summed E-state index contributed by atoms with van der Waals surface area (Å²) >= 11 is 0.